The summed E-state index contributed by atoms with van der Waals surface area (Å²) in [7, 11) is -1.44. The fourth-order valence-electron chi connectivity index (χ4n) is 2.30. The van der Waals surface area contributed by atoms with Crippen molar-refractivity contribution in [2.45, 2.75) is 30.3 Å². The maximum atomic E-state index is 12.4. The molecule has 1 saturated heterocycles. The number of piperidine rings is 1. The normalized spacial score (nSPS) is 18.4. The van der Waals surface area contributed by atoms with Gasteiger partial charge in [-0.2, -0.15) is 0 Å². The molecular weight excluding hydrogens is 342 g/mol. The first-order valence-corrected chi connectivity index (χ1v) is 8.89. The van der Waals surface area contributed by atoms with E-state index in [0.717, 1.165) is 31.5 Å². The Labute approximate surface area is 128 Å². The number of nitrogens with one attached hydrogen (secondary N) is 1. The largest absolute Gasteiger partial charge is 0.326 e. The number of sulfonamides is 1. The Balaban J connectivity index is 2.14. The number of hydrogen-bond acceptors (Lipinski definition) is 4. The molecule has 0 bridgehead atoms. The summed E-state index contributed by atoms with van der Waals surface area (Å²) in [5.74, 6) is 0. The first-order valence-electron chi connectivity index (χ1n) is 6.62. The van der Waals surface area contributed by atoms with Gasteiger partial charge in [-0.25, -0.2) is 13.1 Å². The number of halogens is 1. The molecule has 0 saturated carbocycles. The van der Waals surface area contributed by atoms with Crippen LogP contribution in [0.4, 0.5) is 0 Å². The van der Waals surface area contributed by atoms with Gasteiger partial charge in [0, 0.05) is 17.1 Å². The molecule has 7 heteroatoms. The molecule has 1 fully saturated rings. The van der Waals surface area contributed by atoms with E-state index in [9.17, 15) is 8.42 Å². The van der Waals surface area contributed by atoms with E-state index < -0.39 is 10.0 Å². The number of hydrogen-bond donors (Lipinski definition) is 2. The van der Waals surface area contributed by atoms with E-state index in [1.165, 1.54) is 0 Å². The van der Waals surface area contributed by atoms with Crippen molar-refractivity contribution in [1.29, 1.82) is 0 Å². The van der Waals surface area contributed by atoms with Crippen molar-refractivity contribution >= 4 is 26.0 Å². The van der Waals surface area contributed by atoms with Gasteiger partial charge in [0.05, 0.1) is 4.90 Å². The highest BCUT2D eigenvalue weighted by Crippen LogP contribution is 2.24. The van der Waals surface area contributed by atoms with E-state index in [1.807, 2.05) is 7.05 Å². The molecule has 1 aromatic rings. The van der Waals surface area contributed by atoms with Gasteiger partial charge in [-0.15, -0.1) is 0 Å². The molecule has 0 spiro atoms. The molecule has 1 aromatic carbocycles. The number of nitrogens with two attached hydrogens (primary N) is 1. The van der Waals surface area contributed by atoms with Crippen LogP contribution < -0.4 is 10.5 Å². The van der Waals surface area contributed by atoms with E-state index in [2.05, 4.69) is 25.6 Å². The van der Waals surface area contributed by atoms with Gasteiger partial charge >= 0.3 is 0 Å². The van der Waals surface area contributed by atoms with Crippen molar-refractivity contribution in [2.75, 3.05) is 20.1 Å². The van der Waals surface area contributed by atoms with E-state index >= 15 is 0 Å². The molecule has 3 N–H and O–H groups in total. The summed E-state index contributed by atoms with van der Waals surface area (Å²) in [5, 5.41) is 0. The second kappa shape index (κ2) is 6.53. The lowest BCUT2D eigenvalue weighted by molar-refractivity contribution is 0.248. The van der Waals surface area contributed by atoms with Crippen LogP contribution in [0.15, 0.2) is 27.6 Å². The van der Waals surface area contributed by atoms with Crippen LogP contribution in [0, 0.1) is 0 Å². The first kappa shape index (κ1) is 15.9. The smallest absolute Gasteiger partial charge is 0.241 e. The van der Waals surface area contributed by atoms with Crippen LogP contribution in [-0.4, -0.2) is 39.5 Å². The summed E-state index contributed by atoms with van der Waals surface area (Å²) < 4.78 is 28.2. The monoisotopic (exact) mass is 361 g/mol. The Hall–Kier alpha value is -0.470. The predicted octanol–water partition coefficient (Wildman–Crippen LogP) is 1.28. The van der Waals surface area contributed by atoms with Gasteiger partial charge in [0.15, 0.2) is 0 Å². The van der Waals surface area contributed by atoms with E-state index in [-0.39, 0.29) is 10.9 Å². The summed E-state index contributed by atoms with van der Waals surface area (Å²) in [6, 6.07) is 5.11. The standard InChI is InChI=1S/C13H20BrN3O2S/c1-17-6-4-11(5-7-17)16-20(18,19)13-3-2-10(9-15)8-12(13)14/h2-3,8,11,16H,4-7,9,15H2,1H3. The van der Waals surface area contributed by atoms with Gasteiger partial charge in [0.25, 0.3) is 0 Å². The minimum absolute atomic E-state index is 0.0114. The van der Waals surface area contributed by atoms with Crippen molar-refractivity contribution < 1.29 is 8.42 Å². The lowest BCUT2D eigenvalue weighted by Crippen LogP contribution is -2.43. The van der Waals surface area contributed by atoms with Crippen LogP contribution in [0.25, 0.3) is 0 Å². The zero-order valence-electron chi connectivity index (χ0n) is 11.5. The Morgan fingerprint density at radius 2 is 2.05 bits per heavy atom. The van der Waals surface area contributed by atoms with Gasteiger partial charge in [0.1, 0.15) is 0 Å². The lowest BCUT2D eigenvalue weighted by atomic mass is 10.1. The minimum Gasteiger partial charge on any atom is -0.326 e. The fraction of sp³-hybridized carbons (Fsp3) is 0.538. The minimum atomic E-state index is -3.49. The molecule has 2 rings (SSSR count). The predicted molar refractivity (Wildman–Crippen MR) is 82.9 cm³/mol. The summed E-state index contributed by atoms with van der Waals surface area (Å²) in [4.78, 5) is 2.48. The molecule has 0 amide bonds. The average molecular weight is 362 g/mol. The molecule has 1 aliphatic heterocycles. The molecule has 112 valence electrons. The molecule has 1 heterocycles. The zero-order chi connectivity index (χ0) is 14.8. The maximum absolute atomic E-state index is 12.4. The average Bonchev–Trinajstić information content (AvgIpc) is 2.40. The molecular formula is C13H20BrN3O2S. The van der Waals surface area contributed by atoms with Crippen LogP contribution in [0.1, 0.15) is 18.4 Å². The third-order valence-electron chi connectivity index (χ3n) is 3.56. The molecule has 0 radical (unpaired) electrons. The van der Waals surface area contributed by atoms with E-state index in [1.54, 1.807) is 18.2 Å². The SMILES string of the molecule is CN1CCC(NS(=O)(=O)c2ccc(CN)cc2Br)CC1. The Bertz CT molecular complexity index is 569. The van der Waals surface area contributed by atoms with Gasteiger partial charge in [-0.1, -0.05) is 6.07 Å². The van der Waals surface area contributed by atoms with Crippen molar-refractivity contribution in [3.63, 3.8) is 0 Å². The van der Waals surface area contributed by atoms with Gasteiger partial charge in [0.2, 0.25) is 10.0 Å². The second-order valence-electron chi connectivity index (χ2n) is 5.17. The van der Waals surface area contributed by atoms with E-state index in [0.29, 0.717) is 11.0 Å². The fourth-order valence-corrected chi connectivity index (χ4v) is 4.73. The van der Waals surface area contributed by atoms with Crippen LogP contribution in [0.2, 0.25) is 0 Å². The summed E-state index contributed by atoms with van der Waals surface area (Å²) in [6.07, 6.45) is 1.68. The molecule has 0 aromatic heterocycles. The summed E-state index contributed by atoms with van der Waals surface area (Å²) >= 11 is 3.32. The number of likely N-dealkylation sites (tertiary alicyclic amines) is 1. The number of rotatable bonds is 4. The van der Waals surface area contributed by atoms with Crippen molar-refractivity contribution in [1.82, 2.24) is 9.62 Å². The van der Waals surface area contributed by atoms with E-state index in [4.69, 9.17) is 5.73 Å². The van der Waals surface area contributed by atoms with Gasteiger partial charge in [-0.3, -0.25) is 0 Å². The summed E-state index contributed by atoms with van der Waals surface area (Å²) in [6.45, 7) is 2.22. The Kier molecular flexibility index (Phi) is 5.19. The van der Waals surface area contributed by atoms with Crippen LogP contribution in [0.5, 0.6) is 0 Å². The van der Waals surface area contributed by atoms with Gasteiger partial charge in [-0.05, 0) is 66.6 Å². The molecule has 5 nitrogen and oxygen atoms in total. The zero-order valence-corrected chi connectivity index (χ0v) is 13.9. The van der Waals surface area contributed by atoms with Crippen molar-refractivity contribution in [3.8, 4) is 0 Å². The highest BCUT2D eigenvalue weighted by atomic mass is 79.9. The Morgan fingerprint density at radius 3 is 2.60 bits per heavy atom. The van der Waals surface area contributed by atoms with Gasteiger partial charge < -0.3 is 10.6 Å². The van der Waals surface area contributed by atoms with Crippen LogP contribution >= 0.6 is 15.9 Å². The molecule has 0 aliphatic carbocycles. The highest BCUT2D eigenvalue weighted by Gasteiger charge is 2.24. The quantitative estimate of drug-likeness (QED) is 0.846. The maximum Gasteiger partial charge on any atom is 0.241 e. The van der Waals surface area contributed by atoms with Crippen LogP contribution in [-0.2, 0) is 16.6 Å². The third-order valence-corrected chi connectivity index (χ3v) is 6.06. The first-order chi connectivity index (χ1) is 9.42. The lowest BCUT2D eigenvalue weighted by Gasteiger charge is -2.29. The number of benzene rings is 1. The third kappa shape index (κ3) is 3.79. The number of nitrogens with zero attached hydrogens (tertiary/aromatic N) is 1. The van der Waals surface area contributed by atoms with Crippen LogP contribution in [0.3, 0.4) is 0 Å². The second-order valence-corrected chi connectivity index (χ2v) is 7.70. The molecule has 0 unspecified atom stereocenters. The Morgan fingerprint density at radius 1 is 1.40 bits per heavy atom. The summed E-state index contributed by atoms with van der Waals surface area (Å²) in [5.41, 5.74) is 6.45. The van der Waals surface area contributed by atoms with Crippen molar-refractivity contribution in [3.05, 3.63) is 28.2 Å². The molecule has 0 atom stereocenters. The topological polar surface area (TPSA) is 75.4 Å². The molecule has 20 heavy (non-hydrogen) atoms. The highest BCUT2D eigenvalue weighted by molar-refractivity contribution is 9.10. The molecule has 1 aliphatic rings. The van der Waals surface area contributed by atoms with Crippen molar-refractivity contribution in [2.24, 2.45) is 5.73 Å².